The molecule has 8 nitrogen and oxygen atoms in total. The van der Waals surface area contributed by atoms with E-state index >= 15 is 0 Å². The number of fused-ring (bicyclic) bond motifs is 1. The molecule has 0 aromatic heterocycles. The number of benzene rings is 3. The second-order valence-electron chi connectivity index (χ2n) is 9.02. The number of ether oxygens (including phenoxy) is 3. The zero-order valence-electron chi connectivity index (χ0n) is 22.2. The lowest BCUT2D eigenvalue weighted by Gasteiger charge is -2.39. The van der Waals surface area contributed by atoms with Gasteiger partial charge in [-0.2, -0.15) is 0 Å². The molecule has 1 atom stereocenters. The van der Waals surface area contributed by atoms with Crippen molar-refractivity contribution < 1.29 is 19.1 Å². The Hall–Kier alpha value is -3.85. The summed E-state index contributed by atoms with van der Waals surface area (Å²) in [6.45, 7) is 5.26. The minimum absolute atomic E-state index is 0.0190. The number of nitro benzene ring substituents is 1. The molecule has 0 radical (unpaired) electrons. The highest BCUT2D eigenvalue weighted by molar-refractivity contribution is 7.80. The van der Waals surface area contributed by atoms with Gasteiger partial charge in [-0.15, -0.1) is 0 Å². The molecule has 1 heterocycles. The van der Waals surface area contributed by atoms with Gasteiger partial charge in [-0.3, -0.25) is 10.1 Å². The largest absolute Gasteiger partial charge is 0.493 e. The molecule has 0 saturated carbocycles. The number of nitrogens with zero attached hydrogens (tertiary/aromatic N) is 2. The van der Waals surface area contributed by atoms with E-state index in [1.165, 1.54) is 23.3 Å². The standard InChI is InChI=1S/C29H33N3O5S/c1-5-19-8-7-9-20(6-2)28(19)30-29(38)31-15-14-21-16-26(35-3)27(36-4)17-24(21)25(31)18-37-23-12-10-22(11-13-23)32(33)34/h7-13,16-17,25H,5-6,14-15,18H2,1-4H3,(H,30,38). The molecule has 3 aromatic rings. The van der Waals surface area contributed by atoms with Crippen LogP contribution in [0.25, 0.3) is 0 Å². The Balaban J connectivity index is 1.67. The first kappa shape index (κ1) is 27.2. The van der Waals surface area contributed by atoms with Gasteiger partial charge in [0.15, 0.2) is 16.6 Å². The average molecular weight is 536 g/mol. The lowest BCUT2D eigenvalue weighted by molar-refractivity contribution is -0.384. The van der Waals surface area contributed by atoms with E-state index in [9.17, 15) is 10.1 Å². The highest BCUT2D eigenvalue weighted by Gasteiger charge is 2.32. The fraction of sp³-hybridized carbons (Fsp3) is 0.345. The van der Waals surface area contributed by atoms with E-state index in [0.717, 1.165) is 36.1 Å². The lowest BCUT2D eigenvalue weighted by atomic mass is 9.92. The molecule has 0 saturated heterocycles. The van der Waals surface area contributed by atoms with E-state index in [1.807, 2.05) is 12.1 Å². The van der Waals surface area contributed by atoms with Crippen LogP contribution in [0.3, 0.4) is 0 Å². The second-order valence-corrected chi connectivity index (χ2v) is 9.40. The van der Waals surface area contributed by atoms with Crippen LogP contribution in [-0.2, 0) is 19.3 Å². The Kier molecular flexibility index (Phi) is 8.68. The van der Waals surface area contributed by atoms with Crippen molar-refractivity contribution in [1.29, 1.82) is 0 Å². The SMILES string of the molecule is CCc1cccc(CC)c1NC(=S)N1CCc2cc(OC)c(OC)cc2C1COc1ccc([N+](=O)[O-])cc1. The number of non-ortho nitro benzene ring substituents is 1. The Morgan fingerprint density at radius 3 is 2.26 bits per heavy atom. The summed E-state index contributed by atoms with van der Waals surface area (Å²) in [7, 11) is 3.25. The zero-order valence-corrected chi connectivity index (χ0v) is 23.0. The molecule has 1 aliphatic rings. The summed E-state index contributed by atoms with van der Waals surface area (Å²) >= 11 is 5.99. The van der Waals surface area contributed by atoms with Crippen molar-refractivity contribution in [2.24, 2.45) is 0 Å². The second kappa shape index (κ2) is 12.1. The van der Waals surface area contributed by atoms with Crippen LogP contribution in [0.5, 0.6) is 17.2 Å². The summed E-state index contributed by atoms with van der Waals surface area (Å²) < 4.78 is 17.3. The Labute approximate surface area is 228 Å². The normalized spacial score (nSPS) is 14.4. The highest BCUT2D eigenvalue weighted by Crippen LogP contribution is 2.39. The van der Waals surface area contributed by atoms with Crippen molar-refractivity contribution in [3.8, 4) is 17.2 Å². The smallest absolute Gasteiger partial charge is 0.269 e. The van der Waals surface area contributed by atoms with Crippen LogP contribution in [0.1, 0.15) is 42.1 Å². The van der Waals surface area contributed by atoms with Crippen LogP contribution < -0.4 is 19.5 Å². The van der Waals surface area contributed by atoms with E-state index in [0.29, 0.717) is 28.9 Å². The molecule has 9 heteroatoms. The third-order valence-electron chi connectivity index (χ3n) is 6.95. The van der Waals surface area contributed by atoms with Gasteiger partial charge in [-0.05, 0) is 78.0 Å². The van der Waals surface area contributed by atoms with E-state index in [-0.39, 0.29) is 18.3 Å². The molecule has 0 spiro atoms. The highest BCUT2D eigenvalue weighted by atomic mass is 32.1. The number of rotatable bonds is 9. The van der Waals surface area contributed by atoms with E-state index in [4.69, 9.17) is 26.4 Å². The van der Waals surface area contributed by atoms with E-state index in [1.54, 1.807) is 26.4 Å². The van der Waals surface area contributed by atoms with E-state index in [2.05, 4.69) is 42.3 Å². The molecule has 1 N–H and O–H groups in total. The predicted molar refractivity (Wildman–Crippen MR) is 153 cm³/mol. The first-order valence-corrected chi connectivity index (χ1v) is 13.1. The van der Waals surface area contributed by atoms with Gasteiger partial charge in [0.2, 0.25) is 0 Å². The van der Waals surface area contributed by atoms with Gasteiger partial charge < -0.3 is 24.4 Å². The van der Waals surface area contributed by atoms with Crippen LogP contribution >= 0.6 is 12.2 Å². The van der Waals surface area contributed by atoms with Crippen molar-refractivity contribution >= 4 is 28.7 Å². The molecular weight excluding hydrogens is 502 g/mol. The summed E-state index contributed by atoms with van der Waals surface area (Å²) in [6, 6.07) is 16.2. The van der Waals surface area contributed by atoms with Crippen molar-refractivity contribution in [3.05, 3.63) is 87.0 Å². The van der Waals surface area contributed by atoms with Gasteiger partial charge in [0.1, 0.15) is 12.4 Å². The molecule has 0 amide bonds. The number of aryl methyl sites for hydroxylation is 2. The molecule has 0 aliphatic carbocycles. The van der Waals surface area contributed by atoms with Gasteiger partial charge in [-0.25, -0.2) is 0 Å². The minimum Gasteiger partial charge on any atom is -0.493 e. The zero-order chi connectivity index (χ0) is 27.2. The first-order chi connectivity index (χ1) is 18.4. The molecule has 0 fully saturated rings. The number of para-hydroxylation sites is 1. The monoisotopic (exact) mass is 535 g/mol. The molecular formula is C29H33N3O5S. The number of methoxy groups -OCH3 is 2. The van der Waals surface area contributed by atoms with Crippen LogP contribution in [0.4, 0.5) is 11.4 Å². The fourth-order valence-electron chi connectivity index (χ4n) is 4.87. The van der Waals surface area contributed by atoms with Gasteiger partial charge in [0.25, 0.3) is 5.69 Å². The summed E-state index contributed by atoms with van der Waals surface area (Å²) in [6.07, 6.45) is 2.57. The van der Waals surface area contributed by atoms with Gasteiger partial charge in [-0.1, -0.05) is 32.0 Å². The van der Waals surface area contributed by atoms with Crippen LogP contribution in [0, 0.1) is 10.1 Å². The Bertz CT molecular complexity index is 1290. The number of hydrogen-bond donors (Lipinski definition) is 1. The number of anilines is 1. The maximum absolute atomic E-state index is 11.0. The molecule has 1 aliphatic heterocycles. The summed E-state index contributed by atoms with van der Waals surface area (Å²) in [5.74, 6) is 1.86. The van der Waals surface area contributed by atoms with Crippen molar-refractivity contribution in [3.63, 3.8) is 0 Å². The number of thiocarbonyl (C=S) groups is 1. The molecule has 0 bridgehead atoms. The van der Waals surface area contributed by atoms with Crippen LogP contribution in [-0.4, -0.2) is 42.3 Å². The maximum atomic E-state index is 11.0. The molecule has 38 heavy (non-hydrogen) atoms. The average Bonchev–Trinajstić information content (AvgIpc) is 2.95. The number of nitro groups is 1. The van der Waals surface area contributed by atoms with Gasteiger partial charge in [0.05, 0.1) is 25.2 Å². The Morgan fingerprint density at radius 1 is 1.05 bits per heavy atom. The maximum Gasteiger partial charge on any atom is 0.269 e. The Morgan fingerprint density at radius 2 is 1.68 bits per heavy atom. The molecule has 4 rings (SSSR count). The molecule has 3 aromatic carbocycles. The number of nitrogens with one attached hydrogen (secondary N) is 1. The predicted octanol–water partition coefficient (Wildman–Crippen LogP) is 6.11. The van der Waals surface area contributed by atoms with Gasteiger partial charge in [0, 0.05) is 24.4 Å². The lowest BCUT2D eigenvalue weighted by Crippen LogP contribution is -2.44. The summed E-state index contributed by atoms with van der Waals surface area (Å²) in [5, 5.41) is 15.2. The van der Waals surface area contributed by atoms with Gasteiger partial charge >= 0.3 is 0 Å². The topological polar surface area (TPSA) is 86.1 Å². The van der Waals surface area contributed by atoms with Crippen LogP contribution in [0.15, 0.2) is 54.6 Å². The fourth-order valence-corrected chi connectivity index (χ4v) is 5.19. The first-order valence-electron chi connectivity index (χ1n) is 12.7. The molecule has 200 valence electrons. The summed E-state index contributed by atoms with van der Waals surface area (Å²) in [5.41, 5.74) is 5.70. The van der Waals surface area contributed by atoms with Crippen molar-refractivity contribution in [2.75, 3.05) is 32.7 Å². The third kappa shape index (κ3) is 5.67. The molecule has 1 unspecified atom stereocenters. The number of hydrogen-bond acceptors (Lipinski definition) is 6. The third-order valence-corrected chi connectivity index (χ3v) is 7.29. The summed E-state index contributed by atoms with van der Waals surface area (Å²) in [4.78, 5) is 12.8. The minimum atomic E-state index is -0.425. The van der Waals surface area contributed by atoms with E-state index < -0.39 is 4.92 Å². The van der Waals surface area contributed by atoms with Crippen molar-refractivity contribution in [2.45, 2.75) is 39.2 Å². The van der Waals surface area contributed by atoms with Crippen LogP contribution in [0.2, 0.25) is 0 Å². The van der Waals surface area contributed by atoms with Crippen molar-refractivity contribution in [1.82, 2.24) is 4.90 Å². The quantitative estimate of drug-likeness (QED) is 0.200.